The number of benzene rings is 1. The molecule has 1 heterocycles. The predicted molar refractivity (Wildman–Crippen MR) is 101 cm³/mol. The summed E-state index contributed by atoms with van der Waals surface area (Å²) in [6, 6.07) is 6.89. The highest BCUT2D eigenvalue weighted by molar-refractivity contribution is 8.03. The first-order chi connectivity index (χ1) is 11.4. The largest absolute Gasteiger partial charge is 0.325 e. The summed E-state index contributed by atoms with van der Waals surface area (Å²) in [5.41, 5.74) is 2.27. The Morgan fingerprint density at radius 3 is 2.46 bits per heavy atom. The highest BCUT2D eigenvalue weighted by Crippen LogP contribution is 2.29. The van der Waals surface area contributed by atoms with E-state index >= 15 is 0 Å². The first-order valence-electron chi connectivity index (χ1n) is 7.08. The van der Waals surface area contributed by atoms with Crippen LogP contribution in [0.2, 0.25) is 0 Å². The lowest BCUT2D eigenvalue weighted by Gasteiger charge is -2.05. The van der Waals surface area contributed by atoms with Crippen molar-refractivity contribution in [2.24, 2.45) is 0 Å². The number of rotatable bonds is 8. The number of anilines is 1. The number of hydrogen-bond acceptors (Lipinski definition) is 7. The number of carbonyl (C=O) groups excluding carboxylic acids is 2. The van der Waals surface area contributed by atoms with Crippen LogP contribution in [0.5, 0.6) is 0 Å². The van der Waals surface area contributed by atoms with Crippen LogP contribution in [0, 0.1) is 0 Å². The number of nitrogens with one attached hydrogen (secondary N) is 1. The Hall–Kier alpha value is -1.64. The summed E-state index contributed by atoms with van der Waals surface area (Å²) >= 11 is 4.40. The van der Waals surface area contributed by atoms with E-state index in [0.29, 0.717) is 11.3 Å². The third-order valence-electron chi connectivity index (χ3n) is 2.71. The highest BCUT2D eigenvalue weighted by atomic mass is 32.2. The molecule has 0 aliphatic carbocycles. The second-order valence-electron chi connectivity index (χ2n) is 5.05. The van der Waals surface area contributed by atoms with Gasteiger partial charge in [-0.2, -0.15) is 0 Å². The maximum atomic E-state index is 12.0. The Balaban J connectivity index is 1.84. The van der Waals surface area contributed by atoms with Crippen LogP contribution in [0.15, 0.2) is 45.1 Å². The molecular weight excluding hydrogens is 362 g/mol. The highest BCUT2D eigenvalue weighted by Gasteiger charge is 2.09. The van der Waals surface area contributed by atoms with E-state index in [1.54, 1.807) is 36.0 Å². The zero-order valence-electron chi connectivity index (χ0n) is 13.4. The van der Waals surface area contributed by atoms with Crippen molar-refractivity contribution in [1.82, 2.24) is 10.2 Å². The molecule has 0 spiro atoms. The molecule has 0 aliphatic rings. The van der Waals surface area contributed by atoms with Gasteiger partial charge in [-0.05, 0) is 26.0 Å². The first kappa shape index (κ1) is 18.7. The lowest BCUT2D eigenvalue weighted by atomic mass is 10.1. The minimum atomic E-state index is -0.146. The van der Waals surface area contributed by atoms with Gasteiger partial charge < -0.3 is 5.32 Å². The Kier molecular flexibility index (Phi) is 7.01. The van der Waals surface area contributed by atoms with Gasteiger partial charge in [0.15, 0.2) is 14.5 Å². The summed E-state index contributed by atoms with van der Waals surface area (Å²) in [6.07, 6.45) is 0. The fourth-order valence-electron chi connectivity index (χ4n) is 1.64. The van der Waals surface area contributed by atoms with Crippen LogP contribution in [0.3, 0.4) is 0 Å². The number of ketones is 1. The Morgan fingerprint density at radius 2 is 1.83 bits per heavy atom. The van der Waals surface area contributed by atoms with Crippen LogP contribution in [-0.2, 0) is 4.79 Å². The van der Waals surface area contributed by atoms with Crippen molar-refractivity contribution in [3.05, 3.63) is 42.0 Å². The number of aromatic nitrogens is 2. The third kappa shape index (κ3) is 6.10. The molecule has 0 aliphatic heterocycles. The van der Waals surface area contributed by atoms with Crippen molar-refractivity contribution >= 4 is 52.2 Å². The van der Waals surface area contributed by atoms with Crippen LogP contribution in [0.4, 0.5) is 5.69 Å². The van der Waals surface area contributed by atoms with Gasteiger partial charge in [0, 0.05) is 17.0 Å². The molecule has 0 fully saturated rings. The summed E-state index contributed by atoms with van der Waals surface area (Å²) in [5.74, 6) is 0.872. The molecule has 2 rings (SSSR count). The van der Waals surface area contributed by atoms with Crippen molar-refractivity contribution in [2.75, 3.05) is 16.8 Å². The van der Waals surface area contributed by atoms with Gasteiger partial charge in [0.25, 0.3) is 0 Å². The fraction of sp³-hybridized carbons (Fsp3) is 0.250. The zero-order valence-corrected chi connectivity index (χ0v) is 15.8. The fourth-order valence-corrected chi connectivity index (χ4v) is 4.30. The molecule has 126 valence electrons. The zero-order chi connectivity index (χ0) is 17.5. The quantitative estimate of drug-likeness (QED) is 0.422. The molecule has 2 aromatic rings. The number of carbonyl (C=O) groups is 2. The van der Waals surface area contributed by atoms with Gasteiger partial charge in [0.05, 0.1) is 5.75 Å². The second-order valence-corrected chi connectivity index (χ2v) is 8.48. The second kappa shape index (κ2) is 9.00. The van der Waals surface area contributed by atoms with E-state index in [9.17, 15) is 9.59 Å². The summed E-state index contributed by atoms with van der Waals surface area (Å²) in [4.78, 5) is 23.4. The molecule has 0 bridgehead atoms. The average Bonchev–Trinajstić information content (AvgIpc) is 2.99. The van der Waals surface area contributed by atoms with Crippen molar-refractivity contribution in [1.29, 1.82) is 0 Å². The molecule has 1 aromatic heterocycles. The van der Waals surface area contributed by atoms with E-state index in [1.165, 1.54) is 30.0 Å². The molecule has 1 aromatic carbocycles. The summed E-state index contributed by atoms with van der Waals surface area (Å²) in [5, 5.41) is 10.9. The van der Waals surface area contributed by atoms with Crippen LogP contribution in [-0.4, -0.2) is 33.4 Å². The molecule has 0 atom stereocenters. The predicted octanol–water partition coefficient (Wildman–Crippen LogP) is 4.14. The molecule has 1 N–H and O–H groups in total. The maximum Gasteiger partial charge on any atom is 0.234 e. The van der Waals surface area contributed by atoms with Gasteiger partial charge in [0.2, 0.25) is 5.91 Å². The van der Waals surface area contributed by atoms with Crippen LogP contribution >= 0.6 is 34.9 Å². The molecule has 24 heavy (non-hydrogen) atoms. The van der Waals surface area contributed by atoms with Crippen LogP contribution in [0.1, 0.15) is 24.2 Å². The average molecular weight is 380 g/mol. The minimum absolute atomic E-state index is 0.0332. The van der Waals surface area contributed by atoms with Crippen molar-refractivity contribution in [2.45, 2.75) is 22.5 Å². The van der Waals surface area contributed by atoms with Crippen molar-refractivity contribution in [3.63, 3.8) is 0 Å². The summed E-state index contributed by atoms with van der Waals surface area (Å²) < 4.78 is 1.63. The normalized spacial score (nSPS) is 10.4. The molecule has 1 amide bonds. The summed E-state index contributed by atoms with van der Waals surface area (Å²) in [7, 11) is 0. The SMILES string of the molecule is C=C(C)CSc1nnc(SCC(=O)Nc2cccc(C(C)=O)c2)s1. The third-order valence-corrected chi connectivity index (χ3v) is 6.13. The Bertz CT molecular complexity index is 759. The number of amides is 1. The van der Waals surface area contributed by atoms with E-state index < -0.39 is 0 Å². The number of hydrogen-bond donors (Lipinski definition) is 1. The topological polar surface area (TPSA) is 72.0 Å². The molecule has 0 unspecified atom stereocenters. The molecule has 0 saturated heterocycles. The Labute approximate surface area is 153 Å². The smallest absolute Gasteiger partial charge is 0.234 e. The van der Waals surface area contributed by atoms with Crippen molar-refractivity contribution in [3.8, 4) is 0 Å². The van der Waals surface area contributed by atoms with E-state index in [-0.39, 0.29) is 17.4 Å². The van der Waals surface area contributed by atoms with Gasteiger partial charge >= 0.3 is 0 Å². The van der Waals surface area contributed by atoms with Gasteiger partial charge in [-0.3, -0.25) is 9.59 Å². The Morgan fingerprint density at radius 1 is 1.17 bits per heavy atom. The molecular formula is C16H17N3O2S3. The minimum Gasteiger partial charge on any atom is -0.325 e. The summed E-state index contributed by atoms with van der Waals surface area (Å²) in [6.45, 7) is 7.31. The van der Waals surface area contributed by atoms with Gasteiger partial charge in [0.1, 0.15) is 0 Å². The van der Waals surface area contributed by atoms with Gasteiger partial charge in [-0.1, -0.05) is 59.1 Å². The number of nitrogens with zero attached hydrogens (tertiary/aromatic N) is 2. The van der Waals surface area contributed by atoms with E-state index in [2.05, 4.69) is 22.1 Å². The standard InChI is InChI=1S/C16H17N3O2S3/c1-10(2)8-22-15-18-19-16(24-15)23-9-14(21)17-13-6-4-5-12(7-13)11(3)20/h4-7H,1,8-9H2,2-3H3,(H,17,21). The van der Waals surface area contributed by atoms with Crippen LogP contribution < -0.4 is 5.32 Å². The monoisotopic (exact) mass is 379 g/mol. The van der Waals surface area contributed by atoms with E-state index in [4.69, 9.17) is 0 Å². The van der Waals surface area contributed by atoms with Gasteiger partial charge in [-0.15, -0.1) is 10.2 Å². The van der Waals surface area contributed by atoms with Crippen LogP contribution in [0.25, 0.3) is 0 Å². The molecule has 0 saturated carbocycles. The van der Waals surface area contributed by atoms with E-state index in [0.717, 1.165) is 20.0 Å². The molecule has 5 nitrogen and oxygen atoms in total. The lowest BCUT2D eigenvalue weighted by Crippen LogP contribution is -2.14. The first-order valence-corrected chi connectivity index (χ1v) is 9.87. The number of thioether (sulfide) groups is 2. The van der Waals surface area contributed by atoms with E-state index in [1.807, 2.05) is 6.92 Å². The van der Waals surface area contributed by atoms with Crippen molar-refractivity contribution < 1.29 is 9.59 Å². The molecule has 8 heteroatoms. The molecule has 0 radical (unpaired) electrons. The van der Waals surface area contributed by atoms with Gasteiger partial charge in [-0.25, -0.2) is 0 Å². The lowest BCUT2D eigenvalue weighted by molar-refractivity contribution is -0.113. The number of Topliss-reactive ketones (excluding diaryl/α,β-unsaturated/α-hetero) is 1. The maximum absolute atomic E-state index is 12.0.